The van der Waals surface area contributed by atoms with E-state index in [2.05, 4.69) is 0 Å². The molecule has 6 heteroatoms. The number of hydrogen-bond donors (Lipinski definition) is 1. The number of carboxylic acid groups (broad SMARTS) is 1. The first kappa shape index (κ1) is 19.5. The summed E-state index contributed by atoms with van der Waals surface area (Å²) in [5.74, 6) is -0.327. The number of rotatable bonds is 6. The van der Waals surface area contributed by atoms with Gasteiger partial charge in [0.25, 0.3) is 0 Å². The summed E-state index contributed by atoms with van der Waals surface area (Å²) in [6.45, 7) is 0.140. The molecular formula is C22H17F3O3. The lowest BCUT2D eigenvalue weighted by atomic mass is 10.0. The van der Waals surface area contributed by atoms with Gasteiger partial charge in [0.1, 0.15) is 12.4 Å². The number of carboxylic acids is 1. The first-order valence-corrected chi connectivity index (χ1v) is 8.51. The molecule has 0 bridgehead atoms. The van der Waals surface area contributed by atoms with Crippen molar-refractivity contribution in [2.75, 3.05) is 0 Å². The minimum Gasteiger partial charge on any atom is -0.489 e. The van der Waals surface area contributed by atoms with Gasteiger partial charge in [0.15, 0.2) is 0 Å². The van der Waals surface area contributed by atoms with Crippen LogP contribution in [0.5, 0.6) is 5.75 Å². The van der Waals surface area contributed by atoms with E-state index in [9.17, 15) is 18.0 Å². The molecule has 0 radical (unpaired) electrons. The van der Waals surface area contributed by atoms with Crippen molar-refractivity contribution in [1.82, 2.24) is 0 Å². The maximum atomic E-state index is 12.6. The van der Waals surface area contributed by atoms with Gasteiger partial charge in [-0.05, 0) is 46.5 Å². The fourth-order valence-electron chi connectivity index (χ4n) is 2.76. The Bertz CT molecular complexity index is 963. The predicted molar refractivity (Wildman–Crippen MR) is 99.0 cm³/mol. The lowest BCUT2D eigenvalue weighted by Crippen LogP contribution is -2.05. The van der Waals surface area contributed by atoms with Crippen LogP contribution in [0.1, 0.15) is 16.7 Å². The fourth-order valence-corrected chi connectivity index (χ4v) is 2.76. The first-order valence-electron chi connectivity index (χ1n) is 8.51. The van der Waals surface area contributed by atoms with Crippen molar-refractivity contribution in [2.45, 2.75) is 19.2 Å². The van der Waals surface area contributed by atoms with E-state index in [1.54, 1.807) is 24.3 Å². The van der Waals surface area contributed by atoms with Crippen LogP contribution in [-0.2, 0) is 24.0 Å². The Labute approximate surface area is 160 Å². The van der Waals surface area contributed by atoms with E-state index in [1.165, 1.54) is 12.1 Å². The van der Waals surface area contributed by atoms with Crippen molar-refractivity contribution < 1.29 is 27.8 Å². The quantitative estimate of drug-likeness (QED) is 0.602. The first-order chi connectivity index (χ1) is 13.3. The van der Waals surface area contributed by atoms with E-state index in [0.717, 1.165) is 23.3 Å². The average molecular weight is 386 g/mol. The number of halogens is 3. The van der Waals surface area contributed by atoms with Gasteiger partial charge in [-0.25, -0.2) is 0 Å². The molecule has 0 fully saturated rings. The molecule has 3 aromatic carbocycles. The van der Waals surface area contributed by atoms with Gasteiger partial charge in [-0.2, -0.15) is 13.2 Å². The van der Waals surface area contributed by atoms with Crippen molar-refractivity contribution in [3.63, 3.8) is 0 Å². The minimum atomic E-state index is -4.36. The summed E-state index contributed by atoms with van der Waals surface area (Å²) in [4.78, 5) is 10.9. The van der Waals surface area contributed by atoms with Crippen LogP contribution in [0, 0.1) is 0 Å². The lowest BCUT2D eigenvalue weighted by Gasteiger charge is -2.10. The zero-order valence-corrected chi connectivity index (χ0v) is 14.7. The van der Waals surface area contributed by atoms with E-state index >= 15 is 0 Å². The van der Waals surface area contributed by atoms with Crippen LogP contribution in [-0.4, -0.2) is 11.1 Å². The number of ether oxygens (including phenoxy) is 1. The van der Waals surface area contributed by atoms with Gasteiger partial charge >= 0.3 is 12.1 Å². The molecule has 3 nitrogen and oxygen atoms in total. The number of benzene rings is 3. The molecule has 0 aliphatic heterocycles. The third-order valence-corrected chi connectivity index (χ3v) is 4.14. The Morgan fingerprint density at radius 2 is 1.50 bits per heavy atom. The molecule has 0 heterocycles. The molecule has 0 aromatic heterocycles. The van der Waals surface area contributed by atoms with Gasteiger partial charge in [0, 0.05) is 0 Å². The topological polar surface area (TPSA) is 46.5 Å². The van der Waals surface area contributed by atoms with Crippen molar-refractivity contribution in [3.05, 3.63) is 89.5 Å². The summed E-state index contributed by atoms with van der Waals surface area (Å²) in [6.07, 6.45) is -4.42. The third kappa shape index (κ3) is 5.13. The SMILES string of the molecule is O=C(O)Cc1cccc(-c2cccc(OCc3ccc(C(F)(F)F)cc3)c2)c1. The maximum absolute atomic E-state index is 12.6. The van der Waals surface area contributed by atoms with Crippen LogP contribution in [0.3, 0.4) is 0 Å². The zero-order valence-electron chi connectivity index (χ0n) is 14.7. The largest absolute Gasteiger partial charge is 0.489 e. The van der Waals surface area contributed by atoms with Gasteiger partial charge in [0.2, 0.25) is 0 Å². The number of carbonyl (C=O) groups is 1. The number of aliphatic carboxylic acids is 1. The summed E-state index contributed by atoms with van der Waals surface area (Å²) >= 11 is 0. The van der Waals surface area contributed by atoms with Gasteiger partial charge < -0.3 is 9.84 Å². The van der Waals surface area contributed by atoms with Crippen LogP contribution >= 0.6 is 0 Å². The van der Waals surface area contributed by atoms with E-state index in [0.29, 0.717) is 16.9 Å². The second-order valence-electron chi connectivity index (χ2n) is 6.28. The summed E-state index contributed by atoms with van der Waals surface area (Å²) < 4.78 is 43.5. The Hall–Kier alpha value is -3.28. The highest BCUT2D eigenvalue weighted by molar-refractivity contribution is 5.72. The molecule has 0 saturated heterocycles. The maximum Gasteiger partial charge on any atom is 0.416 e. The van der Waals surface area contributed by atoms with Crippen LogP contribution in [0.25, 0.3) is 11.1 Å². The summed E-state index contributed by atoms with van der Waals surface area (Å²) in [5, 5.41) is 8.93. The summed E-state index contributed by atoms with van der Waals surface area (Å²) in [5.41, 5.74) is 2.35. The van der Waals surface area contributed by atoms with Gasteiger partial charge in [-0.15, -0.1) is 0 Å². The Morgan fingerprint density at radius 3 is 2.14 bits per heavy atom. The van der Waals surface area contributed by atoms with Crippen molar-refractivity contribution >= 4 is 5.97 Å². The van der Waals surface area contributed by atoms with Crippen molar-refractivity contribution in [3.8, 4) is 16.9 Å². The molecule has 3 rings (SSSR count). The Kier molecular flexibility index (Phi) is 5.68. The van der Waals surface area contributed by atoms with Gasteiger partial charge in [-0.1, -0.05) is 48.5 Å². The van der Waals surface area contributed by atoms with Crippen LogP contribution in [0.2, 0.25) is 0 Å². The summed E-state index contributed by atoms with van der Waals surface area (Å²) in [7, 11) is 0. The van der Waals surface area contributed by atoms with E-state index in [-0.39, 0.29) is 13.0 Å². The van der Waals surface area contributed by atoms with E-state index in [4.69, 9.17) is 9.84 Å². The molecule has 144 valence electrons. The van der Waals surface area contributed by atoms with Gasteiger partial charge in [0.05, 0.1) is 12.0 Å². The van der Waals surface area contributed by atoms with E-state index in [1.807, 2.05) is 24.3 Å². The smallest absolute Gasteiger partial charge is 0.416 e. The molecule has 0 spiro atoms. The third-order valence-electron chi connectivity index (χ3n) is 4.14. The highest BCUT2D eigenvalue weighted by atomic mass is 19.4. The van der Waals surface area contributed by atoms with Crippen LogP contribution in [0.4, 0.5) is 13.2 Å². The normalized spacial score (nSPS) is 11.2. The molecule has 0 saturated carbocycles. The van der Waals surface area contributed by atoms with Crippen LogP contribution in [0.15, 0.2) is 72.8 Å². The molecule has 3 aromatic rings. The Balaban J connectivity index is 1.71. The van der Waals surface area contributed by atoms with Gasteiger partial charge in [-0.3, -0.25) is 4.79 Å². The van der Waals surface area contributed by atoms with Crippen molar-refractivity contribution in [1.29, 1.82) is 0 Å². The molecule has 0 amide bonds. The number of hydrogen-bond acceptors (Lipinski definition) is 2. The highest BCUT2D eigenvalue weighted by Gasteiger charge is 2.29. The summed E-state index contributed by atoms with van der Waals surface area (Å²) in [6, 6.07) is 19.3. The standard InChI is InChI=1S/C22H17F3O3/c23-22(24,25)19-9-7-15(8-10-19)14-28-20-6-2-5-18(13-20)17-4-1-3-16(11-17)12-21(26)27/h1-11,13H,12,14H2,(H,26,27). The molecular weight excluding hydrogens is 369 g/mol. The molecule has 1 N–H and O–H groups in total. The molecule has 0 atom stereocenters. The minimum absolute atomic E-state index is 0.0576. The lowest BCUT2D eigenvalue weighted by molar-refractivity contribution is -0.138. The second kappa shape index (κ2) is 8.17. The highest BCUT2D eigenvalue weighted by Crippen LogP contribution is 2.29. The second-order valence-corrected chi connectivity index (χ2v) is 6.28. The van der Waals surface area contributed by atoms with Crippen molar-refractivity contribution in [2.24, 2.45) is 0 Å². The zero-order chi connectivity index (χ0) is 20.1. The van der Waals surface area contributed by atoms with Crippen LogP contribution < -0.4 is 4.74 Å². The predicted octanol–water partition coefficient (Wildman–Crippen LogP) is 5.58. The molecule has 28 heavy (non-hydrogen) atoms. The number of alkyl halides is 3. The Morgan fingerprint density at radius 1 is 0.857 bits per heavy atom. The monoisotopic (exact) mass is 386 g/mol. The molecule has 0 aliphatic carbocycles. The van der Waals surface area contributed by atoms with E-state index < -0.39 is 17.7 Å². The average Bonchev–Trinajstić information content (AvgIpc) is 2.66. The molecule has 0 aliphatic rings. The molecule has 0 unspecified atom stereocenters. The fraction of sp³-hybridized carbons (Fsp3) is 0.136.